The Labute approximate surface area is 107 Å². The van der Waals surface area contributed by atoms with Crippen LogP contribution in [0.3, 0.4) is 0 Å². The van der Waals surface area contributed by atoms with Gasteiger partial charge >= 0.3 is 29.6 Å². The minimum atomic E-state index is -4.18. The van der Waals surface area contributed by atoms with E-state index in [-0.39, 0.29) is 47.9 Å². The minimum Gasteiger partial charge on any atom is -0.748 e. The van der Waals surface area contributed by atoms with E-state index in [4.69, 9.17) is 0 Å². The third kappa shape index (κ3) is 10.5. The zero-order valence-corrected chi connectivity index (χ0v) is 11.6. The van der Waals surface area contributed by atoms with Crippen LogP contribution in [0.4, 0.5) is 0 Å². The van der Waals surface area contributed by atoms with Gasteiger partial charge in [-0.1, -0.05) is 13.8 Å². The van der Waals surface area contributed by atoms with Gasteiger partial charge in [-0.15, -0.1) is 0 Å². The molecule has 1 amide bonds. The zero-order chi connectivity index (χ0) is 10.5. The number of carbonyl (C=O) groups excluding carboxylic acids is 1. The van der Waals surface area contributed by atoms with Crippen molar-refractivity contribution in [3.05, 3.63) is 0 Å². The van der Waals surface area contributed by atoms with Crippen molar-refractivity contribution in [3.8, 4) is 0 Å². The number of nitrogens with one attached hydrogen (secondary N) is 1. The van der Waals surface area contributed by atoms with Crippen LogP contribution in [0.1, 0.15) is 20.3 Å². The average Bonchev–Trinajstić information content (AvgIpc) is 1.97. The van der Waals surface area contributed by atoms with Crippen LogP contribution in [-0.4, -0.2) is 31.2 Å². The maximum absolute atomic E-state index is 10.7. The standard InChI is InChI=1S/C7H15NO4S.Na/c1-3-7(9)8-4-6(2)5-13(10,11)12;/h6H,3-5H2,1-2H3,(H,8,9)(H,10,11,12);/q;+1/p-1. The molecule has 0 spiro atoms. The zero-order valence-electron chi connectivity index (χ0n) is 8.74. The molecule has 14 heavy (non-hydrogen) atoms. The summed E-state index contributed by atoms with van der Waals surface area (Å²) >= 11 is 0. The van der Waals surface area contributed by atoms with Crippen LogP contribution in [0.5, 0.6) is 0 Å². The summed E-state index contributed by atoms with van der Waals surface area (Å²) in [5.74, 6) is -0.912. The Morgan fingerprint density at radius 3 is 2.36 bits per heavy atom. The molecule has 0 aromatic carbocycles. The molecule has 0 fully saturated rings. The van der Waals surface area contributed by atoms with Gasteiger partial charge in [0.25, 0.3) is 0 Å². The van der Waals surface area contributed by atoms with Crippen molar-refractivity contribution >= 4 is 16.0 Å². The predicted molar refractivity (Wildman–Crippen MR) is 47.0 cm³/mol. The van der Waals surface area contributed by atoms with E-state index in [0.29, 0.717) is 6.42 Å². The molecule has 0 bridgehead atoms. The third-order valence-corrected chi connectivity index (χ3v) is 2.43. The van der Waals surface area contributed by atoms with Crippen molar-refractivity contribution in [2.24, 2.45) is 5.92 Å². The molecule has 78 valence electrons. The quantitative estimate of drug-likeness (QED) is 0.396. The molecular weight excluding hydrogens is 217 g/mol. The van der Waals surface area contributed by atoms with Crippen LogP contribution < -0.4 is 34.9 Å². The molecule has 1 atom stereocenters. The van der Waals surface area contributed by atoms with Crippen LogP contribution in [-0.2, 0) is 14.9 Å². The summed E-state index contributed by atoms with van der Waals surface area (Å²) in [4.78, 5) is 10.7. The van der Waals surface area contributed by atoms with E-state index in [1.54, 1.807) is 13.8 Å². The summed E-state index contributed by atoms with van der Waals surface area (Å²) in [7, 11) is -4.18. The Bertz CT molecular complexity index is 265. The van der Waals surface area contributed by atoms with Gasteiger partial charge in [0, 0.05) is 18.7 Å². The van der Waals surface area contributed by atoms with Gasteiger partial charge in [0.1, 0.15) is 0 Å². The second kappa shape index (κ2) is 7.64. The first-order valence-electron chi connectivity index (χ1n) is 4.05. The topological polar surface area (TPSA) is 86.3 Å². The average molecular weight is 231 g/mol. The van der Waals surface area contributed by atoms with Gasteiger partial charge in [-0.05, 0) is 5.92 Å². The van der Waals surface area contributed by atoms with Crippen LogP contribution >= 0.6 is 0 Å². The molecule has 0 aliphatic heterocycles. The Morgan fingerprint density at radius 1 is 1.50 bits per heavy atom. The van der Waals surface area contributed by atoms with Gasteiger partial charge in [0.15, 0.2) is 0 Å². The Balaban J connectivity index is 0. The number of rotatable bonds is 5. The van der Waals surface area contributed by atoms with Crippen LogP contribution in [0.25, 0.3) is 0 Å². The van der Waals surface area contributed by atoms with E-state index in [1.165, 1.54) is 0 Å². The molecule has 0 saturated heterocycles. The SMILES string of the molecule is CCC(=O)NCC(C)CS(=O)(=O)[O-].[Na+]. The second-order valence-electron chi connectivity index (χ2n) is 2.99. The Hall–Kier alpha value is 0.380. The summed E-state index contributed by atoms with van der Waals surface area (Å²) in [5, 5.41) is 2.51. The molecule has 1 unspecified atom stereocenters. The van der Waals surface area contributed by atoms with Gasteiger partial charge in [0.05, 0.1) is 10.1 Å². The summed E-state index contributed by atoms with van der Waals surface area (Å²) in [6.45, 7) is 3.53. The molecule has 0 heterocycles. The maximum atomic E-state index is 10.7. The summed E-state index contributed by atoms with van der Waals surface area (Å²) in [6, 6.07) is 0. The molecule has 0 rings (SSSR count). The summed E-state index contributed by atoms with van der Waals surface area (Å²) in [5.41, 5.74) is 0. The van der Waals surface area contributed by atoms with Gasteiger partial charge in [-0.3, -0.25) is 4.79 Å². The van der Waals surface area contributed by atoms with Crippen molar-refractivity contribution in [2.45, 2.75) is 20.3 Å². The number of carbonyl (C=O) groups is 1. The van der Waals surface area contributed by atoms with Crippen molar-refractivity contribution in [2.75, 3.05) is 12.3 Å². The fourth-order valence-corrected chi connectivity index (χ4v) is 1.64. The van der Waals surface area contributed by atoms with Gasteiger partial charge < -0.3 is 9.87 Å². The smallest absolute Gasteiger partial charge is 0.748 e. The van der Waals surface area contributed by atoms with E-state index in [0.717, 1.165) is 0 Å². The molecule has 0 saturated carbocycles. The van der Waals surface area contributed by atoms with Gasteiger partial charge in [0.2, 0.25) is 5.91 Å². The van der Waals surface area contributed by atoms with Crippen molar-refractivity contribution in [1.82, 2.24) is 5.32 Å². The first kappa shape index (κ1) is 16.8. The molecule has 5 nitrogen and oxygen atoms in total. The van der Waals surface area contributed by atoms with Crippen LogP contribution in [0.15, 0.2) is 0 Å². The maximum Gasteiger partial charge on any atom is 1.00 e. The van der Waals surface area contributed by atoms with E-state index in [9.17, 15) is 17.8 Å². The largest absolute Gasteiger partial charge is 1.00 e. The van der Waals surface area contributed by atoms with Crippen molar-refractivity contribution in [3.63, 3.8) is 0 Å². The molecule has 0 radical (unpaired) electrons. The first-order chi connectivity index (χ1) is 5.85. The van der Waals surface area contributed by atoms with Crippen molar-refractivity contribution < 1.29 is 47.3 Å². The van der Waals surface area contributed by atoms with Gasteiger partial charge in [-0.25, -0.2) is 8.42 Å². The first-order valence-corrected chi connectivity index (χ1v) is 5.63. The number of hydrogen-bond acceptors (Lipinski definition) is 4. The molecule has 0 aromatic heterocycles. The van der Waals surface area contributed by atoms with E-state index in [2.05, 4.69) is 5.32 Å². The van der Waals surface area contributed by atoms with Crippen molar-refractivity contribution in [1.29, 1.82) is 0 Å². The Morgan fingerprint density at radius 2 is 2.00 bits per heavy atom. The van der Waals surface area contributed by atoms with E-state index >= 15 is 0 Å². The molecule has 0 aliphatic rings. The minimum absolute atomic E-state index is 0. The molecule has 1 N–H and O–H groups in total. The molecule has 0 aliphatic carbocycles. The predicted octanol–water partition coefficient (Wildman–Crippen LogP) is -3.30. The summed E-state index contributed by atoms with van der Waals surface area (Å²) < 4.78 is 30.9. The second-order valence-corrected chi connectivity index (χ2v) is 4.44. The number of hydrogen-bond donors (Lipinski definition) is 1. The fraction of sp³-hybridized carbons (Fsp3) is 0.857. The molecule has 7 heteroatoms. The summed E-state index contributed by atoms with van der Waals surface area (Å²) in [6.07, 6.45) is 0.358. The van der Waals surface area contributed by atoms with E-state index in [1.807, 2.05) is 0 Å². The molecular formula is C7H14NNaO4S. The van der Waals surface area contributed by atoms with Crippen LogP contribution in [0.2, 0.25) is 0 Å². The van der Waals surface area contributed by atoms with Gasteiger partial charge in [-0.2, -0.15) is 0 Å². The van der Waals surface area contributed by atoms with Crippen LogP contribution in [0, 0.1) is 5.92 Å². The monoisotopic (exact) mass is 231 g/mol. The Kier molecular flexibility index (Phi) is 9.17. The fourth-order valence-electron chi connectivity index (χ4n) is 0.820. The normalized spacial score (nSPS) is 12.8. The molecule has 0 aromatic rings. The number of amides is 1. The third-order valence-electron chi connectivity index (χ3n) is 1.46. The van der Waals surface area contributed by atoms with E-state index < -0.39 is 15.9 Å².